The number of carbonyl (C=O) groups excluding carboxylic acids is 1. The summed E-state index contributed by atoms with van der Waals surface area (Å²) in [4.78, 5) is 13.1. The van der Waals surface area contributed by atoms with Crippen LogP contribution in [0.25, 0.3) is 5.69 Å². The lowest BCUT2D eigenvalue weighted by atomic mass is 10.3. The summed E-state index contributed by atoms with van der Waals surface area (Å²) in [7, 11) is 0. The van der Waals surface area contributed by atoms with E-state index in [1.54, 1.807) is 48.5 Å². The number of anilines is 1. The maximum Gasteiger partial charge on any atom is 0.417 e. The Morgan fingerprint density at radius 2 is 1.81 bits per heavy atom. The van der Waals surface area contributed by atoms with Gasteiger partial charge in [-0.3, -0.25) is 5.32 Å². The van der Waals surface area contributed by atoms with E-state index in [-0.39, 0.29) is 0 Å². The van der Waals surface area contributed by atoms with Gasteiger partial charge < -0.3 is 4.74 Å². The molecule has 7 heteroatoms. The molecule has 1 aromatic heterocycles. The van der Waals surface area contributed by atoms with E-state index in [1.165, 1.54) is 11.1 Å². The maximum absolute atomic E-state index is 11.7. The number of nitrogens with one attached hydrogen (secondary N) is 1. The van der Waals surface area contributed by atoms with Crippen molar-refractivity contribution in [2.45, 2.75) is 0 Å². The number of amides is 1. The fraction of sp³-hybridized carbons (Fsp3) is 0. The van der Waals surface area contributed by atoms with Gasteiger partial charge in [0.05, 0.1) is 5.69 Å². The second-order valence-electron chi connectivity index (χ2n) is 4.10. The van der Waals surface area contributed by atoms with Crippen molar-refractivity contribution in [3.05, 3.63) is 60.9 Å². The second kappa shape index (κ2) is 5.83. The van der Waals surface area contributed by atoms with Crippen molar-refractivity contribution < 1.29 is 9.53 Å². The normalized spacial score (nSPS) is 10.1. The molecule has 0 aliphatic rings. The number of ether oxygens (including phenoxy) is 1. The summed E-state index contributed by atoms with van der Waals surface area (Å²) in [5.41, 5.74) is 1.36. The molecule has 0 atom stereocenters. The first-order chi connectivity index (χ1) is 10.3. The van der Waals surface area contributed by atoms with Gasteiger partial charge in [0.2, 0.25) is 0 Å². The summed E-state index contributed by atoms with van der Waals surface area (Å²) in [5, 5.41) is 14.0. The Kier molecular flexibility index (Phi) is 3.55. The van der Waals surface area contributed by atoms with Crippen LogP contribution < -0.4 is 10.1 Å². The lowest BCUT2D eigenvalue weighted by Gasteiger charge is -2.07. The number of carbonyl (C=O) groups is 1. The minimum absolute atomic E-state index is 0.485. The molecule has 21 heavy (non-hydrogen) atoms. The third kappa shape index (κ3) is 3.21. The van der Waals surface area contributed by atoms with Crippen molar-refractivity contribution in [1.82, 2.24) is 20.2 Å². The summed E-state index contributed by atoms with van der Waals surface area (Å²) >= 11 is 0. The van der Waals surface area contributed by atoms with Gasteiger partial charge in [0.25, 0.3) is 0 Å². The largest absolute Gasteiger partial charge is 0.417 e. The molecule has 2 aromatic carbocycles. The Hall–Kier alpha value is -3.22. The molecule has 1 amide bonds. The zero-order valence-corrected chi connectivity index (χ0v) is 10.9. The molecule has 3 rings (SSSR count). The van der Waals surface area contributed by atoms with Crippen LogP contribution in [0.4, 0.5) is 10.5 Å². The molecular weight excluding hydrogens is 270 g/mol. The fourth-order valence-corrected chi connectivity index (χ4v) is 1.70. The van der Waals surface area contributed by atoms with Gasteiger partial charge in [0.1, 0.15) is 5.75 Å². The lowest BCUT2D eigenvalue weighted by molar-refractivity contribution is 0.215. The predicted octanol–water partition coefficient (Wildman–Crippen LogP) is 2.27. The molecule has 0 saturated heterocycles. The van der Waals surface area contributed by atoms with Gasteiger partial charge in [-0.25, -0.2) is 4.79 Å². The first kappa shape index (κ1) is 12.8. The van der Waals surface area contributed by atoms with E-state index in [9.17, 15) is 4.79 Å². The maximum atomic E-state index is 11.7. The number of tetrazole rings is 1. The Morgan fingerprint density at radius 3 is 2.48 bits per heavy atom. The van der Waals surface area contributed by atoms with Crippen LogP contribution in [0.15, 0.2) is 60.9 Å². The van der Waals surface area contributed by atoms with E-state index in [1.807, 2.05) is 6.07 Å². The van der Waals surface area contributed by atoms with Crippen molar-refractivity contribution in [2.24, 2.45) is 0 Å². The number of aromatic nitrogens is 4. The Morgan fingerprint density at radius 1 is 1.05 bits per heavy atom. The molecule has 0 fully saturated rings. The molecule has 0 spiro atoms. The summed E-state index contributed by atoms with van der Waals surface area (Å²) in [6.45, 7) is 0. The van der Waals surface area contributed by atoms with Crippen LogP contribution in [0, 0.1) is 0 Å². The van der Waals surface area contributed by atoms with Gasteiger partial charge in [0, 0.05) is 5.69 Å². The molecule has 1 heterocycles. The summed E-state index contributed by atoms with van der Waals surface area (Å²) < 4.78 is 5.13. The molecule has 0 bridgehead atoms. The highest BCUT2D eigenvalue weighted by molar-refractivity contribution is 5.86. The molecule has 1 N–H and O–H groups in total. The number of para-hydroxylation sites is 1. The highest BCUT2D eigenvalue weighted by atomic mass is 16.6. The predicted molar refractivity (Wildman–Crippen MR) is 75.2 cm³/mol. The van der Waals surface area contributed by atoms with E-state index < -0.39 is 6.09 Å². The molecule has 0 saturated carbocycles. The van der Waals surface area contributed by atoms with Crippen molar-refractivity contribution in [3.63, 3.8) is 0 Å². The number of nitrogens with zero attached hydrogens (tertiary/aromatic N) is 4. The van der Waals surface area contributed by atoms with Crippen LogP contribution in [0.2, 0.25) is 0 Å². The van der Waals surface area contributed by atoms with E-state index in [0.29, 0.717) is 11.4 Å². The van der Waals surface area contributed by atoms with Gasteiger partial charge in [-0.1, -0.05) is 18.2 Å². The van der Waals surface area contributed by atoms with Crippen molar-refractivity contribution in [2.75, 3.05) is 5.32 Å². The Balaban J connectivity index is 1.64. The standard InChI is InChI=1S/C14H11N5O2/c20-14(21-13-4-2-1-3-5-13)17-11-6-8-12(9-7-11)19-16-10-15-18-19/h1-10H,(H,17,20). The van der Waals surface area contributed by atoms with E-state index in [2.05, 4.69) is 20.7 Å². The lowest BCUT2D eigenvalue weighted by Crippen LogP contribution is -2.16. The average molecular weight is 281 g/mol. The first-order valence-electron chi connectivity index (χ1n) is 6.18. The third-order valence-electron chi connectivity index (χ3n) is 2.65. The highest BCUT2D eigenvalue weighted by Crippen LogP contribution is 2.13. The average Bonchev–Trinajstić information content (AvgIpc) is 3.03. The number of benzene rings is 2. The van der Waals surface area contributed by atoms with E-state index in [0.717, 1.165) is 5.69 Å². The van der Waals surface area contributed by atoms with Crippen LogP contribution in [0.1, 0.15) is 0 Å². The topological polar surface area (TPSA) is 81.9 Å². The van der Waals surface area contributed by atoms with Crippen LogP contribution in [-0.4, -0.2) is 26.3 Å². The zero-order valence-electron chi connectivity index (χ0n) is 10.9. The minimum atomic E-state index is -0.548. The number of hydrogen-bond acceptors (Lipinski definition) is 5. The molecule has 0 radical (unpaired) electrons. The summed E-state index contributed by atoms with van der Waals surface area (Å²) in [6, 6.07) is 15.8. The van der Waals surface area contributed by atoms with Gasteiger partial charge in [-0.2, -0.15) is 0 Å². The first-order valence-corrected chi connectivity index (χ1v) is 6.18. The number of rotatable bonds is 3. The molecule has 0 unspecified atom stereocenters. The number of hydrogen-bond donors (Lipinski definition) is 1. The third-order valence-corrected chi connectivity index (χ3v) is 2.65. The fourth-order valence-electron chi connectivity index (χ4n) is 1.70. The summed E-state index contributed by atoms with van der Waals surface area (Å²) in [6.07, 6.45) is 0.802. The zero-order chi connectivity index (χ0) is 14.5. The van der Waals surface area contributed by atoms with Gasteiger partial charge in [-0.05, 0) is 41.6 Å². The molecule has 3 aromatic rings. The van der Waals surface area contributed by atoms with Gasteiger partial charge in [-0.15, -0.1) is 15.0 Å². The van der Waals surface area contributed by atoms with Crippen LogP contribution in [-0.2, 0) is 0 Å². The molecule has 0 aliphatic carbocycles. The van der Waals surface area contributed by atoms with Crippen molar-refractivity contribution in [1.29, 1.82) is 0 Å². The van der Waals surface area contributed by atoms with Gasteiger partial charge >= 0.3 is 6.09 Å². The monoisotopic (exact) mass is 281 g/mol. The quantitative estimate of drug-likeness (QED) is 0.796. The Labute approximate surface area is 120 Å². The minimum Gasteiger partial charge on any atom is -0.410 e. The van der Waals surface area contributed by atoms with Crippen molar-refractivity contribution >= 4 is 11.8 Å². The Bertz CT molecular complexity index is 711. The molecule has 0 aliphatic heterocycles. The summed E-state index contributed by atoms with van der Waals surface area (Å²) in [5.74, 6) is 0.485. The van der Waals surface area contributed by atoms with E-state index in [4.69, 9.17) is 4.74 Å². The molecule has 7 nitrogen and oxygen atoms in total. The van der Waals surface area contributed by atoms with Crippen LogP contribution in [0.5, 0.6) is 5.75 Å². The SMILES string of the molecule is O=C(Nc1ccc(-n2ncnn2)cc1)Oc1ccccc1. The van der Waals surface area contributed by atoms with Crippen LogP contribution in [0.3, 0.4) is 0 Å². The van der Waals surface area contributed by atoms with Gasteiger partial charge in [0.15, 0.2) is 6.33 Å². The molecular formula is C14H11N5O2. The van der Waals surface area contributed by atoms with E-state index >= 15 is 0 Å². The smallest absolute Gasteiger partial charge is 0.410 e. The second-order valence-corrected chi connectivity index (χ2v) is 4.10. The molecule has 104 valence electrons. The highest BCUT2D eigenvalue weighted by Gasteiger charge is 2.05. The van der Waals surface area contributed by atoms with Crippen molar-refractivity contribution in [3.8, 4) is 11.4 Å². The van der Waals surface area contributed by atoms with Crippen LogP contribution >= 0.6 is 0 Å².